The summed E-state index contributed by atoms with van der Waals surface area (Å²) in [6.07, 6.45) is 0. The molecule has 8 heteroatoms. The van der Waals surface area contributed by atoms with Gasteiger partial charge in [0, 0.05) is 11.3 Å². The smallest absolute Gasteiger partial charge is 0.338 e. The first-order valence-electron chi connectivity index (χ1n) is 9.99. The predicted molar refractivity (Wildman–Crippen MR) is 124 cm³/mol. The first kappa shape index (κ1) is 23.0. The summed E-state index contributed by atoms with van der Waals surface area (Å²) in [5.74, 6) is -0.821. The number of carbonyl (C=O) groups is 2. The molecule has 0 spiro atoms. The summed E-state index contributed by atoms with van der Waals surface area (Å²) in [5, 5.41) is 2.82. The summed E-state index contributed by atoms with van der Waals surface area (Å²) in [7, 11) is -3.79. The van der Waals surface area contributed by atoms with Crippen molar-refractivity contribution in [2.24, 2.45) is 0 Å². The second-order valence-corrected chi connectivity index (χ2v) is 8.78. The Bertz CT molecular complexity index is 1250. The van der Waals surface area contributed by atoms with Crippen molar-refractivity contribution >= 4 is 33.3 Å². The van der Waals surface area contributed by atoms with E-state index in [-0.39, 0.29) is 11.5 Å². The van der Waals surface area contributed by atoms with Crippen molar-refractivity contribution in [3.63, 3.8) is 0 Å². The number of carbonyl (C=O) groups excluding carboxylic acids is 2. The maximum absolute atomic E-state index is 12.9. The van der Waals surface area contributed by atoms with Gasteiger partial charge in [-0.05, 0) is 74.4 Å². The molecule has 2 N–H and O–H groups in total. The number of benzene rings is 3. The number of esters is 1. The summed E-state index contributed by atoms with van der Waals surface area (Å²) in [6.45, 7) is 5.46. The van der Waals surface area contributed by atoms with Gasteiger partial charge < -0.3 is 10.1 Å². The lowest BCUT2D eigenvalue weighted by Gasteiger charge is -2.15. The van der Waals surface area contributed by atoms with Crippen LogP contribution in [0.5, 0.6) is 0 Å². The summed E-state index contributed by atoms with van der Waals surface area (Å²) < 4.78 is 32.8. The lowest BCUT2D eigenvalue weighted by molar-refractivity contribution is 0.0526. The number of hydrogen-bond donors (Lipinski definition) is 2. The maximum atomic E-state index is 12.9. The van der Waals surface area contributed by atoms with Gasteiger partial charge in [-0.3, -0.25) is 9.52 Å². The second-order valence-electron chi connectivity index (χ2n) is 7.10. The van der Waals surface area contributed by atoms with Crippen LogP contribution in [0.4, 0.5) is 11.4 Å². The van der Waals surface area contributed by atoms with Gasteiger partial charge in [-0.15, -0.1) is 0 Å². The van der Waals surface area contributed by atoms with E-state index < -0.39 is 21.9 Å². The zero-order valence-electron chi connectivity index (χ0n) is 18.0. The zero-order valence-corrected chi connectivity index (χ0v) is 18.8. The number of amides is 1. The molecular weight excluding hydrogens is 428 g/mol. The van der Waals surface area contributed by atoms with Crippen molar-refractivity contribution in [1.82, 2.24) is 0 Å². The minimum Gasteiger partial charge on any atom is -0.462 e. The van der Waals surface area contributed by atoms with Crippen LogP contribution in [-0.4, -0.2) is 26.9 Å². The number of anilines is 2. The molecule has 0 atom stereocenters. The van der Waals surface area contributed by atoms with Gasteiger partial charge in [0.25, 0.3) is 15.9 Å². The van der Waals surface area contributed by atoms with Gasteiger partial charge in [0.2, 0.25) is 0 Å². The third kappa shape index (κ3) is 5.15. The number of rotatable bonds is 7. The van der Waals surface area contributed by atoms with Crippen LogP contribution >= 0.6 is 0 Å². The number of nitrogens with one attached hydrogen (secondary N) is 2. The molecule has 0 aliphatic rings. The number of hydrogen-bond acceptors (Lipinski definition) is 5. The minimum atomic E-state index is -3.79. The van der Waals surface area contributed by atoms with E-state index in [0.717, 1.165) is 0 Å². The van der Waals surface area contributed by atoms with Crippen molar-refractivity contribution in [2.45, 2.75) is 25.7 Å². The molecule has 1 amide bonds. The first-order chi connectivity index (χ1) is 15.2. The normalized spacial score (nSPS) is 11.0. The Morgan fingerprint density at radius 3 is 2.28 bits per heavy atom. The fourth-order valence-corrected chi connectivity index (χ4v) is 4.27. The quantitative estimate of drug-likeness (QED) is 0.513. The minimum absolute atomic E-state index is 0.131. The summed E-state index contributed by atoms with van der Waals surface area (Å²) in [5.41, 5.74) is 2.77. The monoisotopic (exact) mass is 452 g/mol. The van der Waals surface area contributed by atoms with Gasteiger partial charge in [-0.25, -0.2) is 13.2 Å². The van der Waals surface area contributed by atoms with E-state index in [4.69, 9.17) is 4.74 Å². The molecule has 3 rings (SSSR count). The highest BCUT2D eigenvalue weighted by molar-refractivity contribution is 7.92. The number of aryl methyl sites for hydroxylation is 1. The Kier molecular flexibility index (Phi) is 6.95. The fourth-order valence-electron chi connectivity index (χ4n) is 3.13. The summed E-state index contributed by atoms with van der Waals surface area (Å²) in [6, 6.07) is 17.7. The third-order valence-electron chi connectivity index (χ3n) is 4.86. The molecule has 3 aromatic carbocycles. The molecule has 0 saturated carbocycles. The molecule has 0 radical (unpaired) electrons. The number of sulfonamides is 1. The van der Waals surface area contributed by atoms with Crippen molar-refractivity contribution in [3.05, 3.63) is 89.0 Å². The molecule has 0 aliphatic heterocycles. The van der Waals surface area contributed by atoms with Crippen molar-refractivity contribution < 1.29 is 22.7 Å². The number of ether oxygens (including phenoxy) is 1. The van der Waals surface area contributed by atoms with E-state index in [0.29, 0.717) is 33.6 Å². The van der Waals surface area contributed by atoms with Gasteiger partial charge in [0.05, 0.1) is 22.8 Å². The molecular formula is C24H24N2O5S. The highest BCUT2D eigenvalue weighted by atomic mass is 32.2. The van der Waals surface area contributed by atoms with E-state index >= 15 is 0 Å². The van der Waals surface area contributed by atoms with Gasteiger partial charge in [-0.2, -0.15) is 0 Å². The Hall–Kier alpha value is -3.65. The van der Waals surface area contributed by atoms with Crippen molar-refractivity contribution in [1.29, 1.82) is 0 Å². The Labute approximate surface area is 187 Å². The second kappa shape index (κ2) is 9.65. The van der Waals surface area contributed by atoms with Gasteiger partial charge in [0.1, 0.15) is 0 Å². The molecule has 0 unspecified atom stereocenters. The van der Waals surface area contributed by atoms with Crippen molar-refractivity contribution in [2.75, 3.05) is 16.6 Å². The molecule has 0 saturated heterocycles. The third-order valence-corrected chi connectivity index (χ3v) is 6.24. The zero-order chi connectivity index (χ0) is 23.3. The molecule has 0 aliphatic carbocycles. The van der Waals surface area contributed by atoms with Crippen LogP contribution in [0.3, 0.4) is 0 Å². The maximum Gasteiger partial charge on any atom is 0.338 e. The largest absolute Gasteiger partial charge is 0.462 e. The fraction of sp³-hybridized carbons (Fsp3) is 0.167. The van der Waals surface area contributed by atoms with Crippen molar-refractivity contribution in [3.8, 4) is 0 Å². The molecule has 32 heavy (non-hydrogen) atoms. The van der Waals surface area contributed by atoms with Gasteiger partial charge in [0.15, 0.2) is 0 Å². The molecule has 7 nitrogen and oxygen atoms in total. The summed E-state index contributed by atoms with van der Waals surface area (Å²) in [4.78, 5) is 24.9. The molecule has 0 heterocycles. The predicted octanol–water partition coefficient (Wildman–Crippen LogP) is 4.53. The van der Waals surface area contributed by atoms with E-state index in [9.17, 15) is 18.0 Å². The molecule has 0 fully saturated rings. The van der Waals surface area contributed by atoms with Crippen LogP contribution in [0.25, 0.3) is 0 Å². The van der Waals surface area contributed by atoms with Gasteiger partial charge in [-0.1, -0.05) is 24.3 Å². The molecule has 0 bridgehead atoms. The van der Waals surface area contributed by atoms with Crippen LogP contribution in [-0.2, 0) is 14.8 Å². The standard InChI is InChI=1S/C24H24N2O5S/c1-4-31-24(28)18-13-14-21(16(2)15-18)25-23(27)20-11-8-12-22(17(20)3)26-32(29,30)19-9-6-5-7-10-19/h5-15,26H,4H2,1-3H3,(H,25,27). The summed E-state index contributed by atoms with van der Waals surface area (Å²) >= 11 is 0. The average Bonchev–Trinajstić information content (AvgIpc) is 2.77. The van der Waals surface area contributed by atoms with Crippen LogP contribution in [0.2, 0.25) is 0 Å². The topological polar surface area (TPSA) is 102 Å². The Morgan fingerprint density at radius 2 is 1.62 bits per heavy atom. The Morgan fingerprint density at radius 1 is 0.906 bits per heavy atom. The van der Waals surface area contributed by atoms with Crippen LogP contribution in [0.15, 0.2) is 71.6 Å². The van der Waals surface area contributed by atoms with E-state index in [1.807, 2.05) is 0 Å². The SMILES string of the molecule is CCOC(=O)c1ccc(NC(=O)c2cccc(NS(=O)(=O)c3ccccc3)c2C)c(C)c1. The van der Waals surface area contributed by atoms with Gasteiger partial charge >= 0.3 is 5.97 Å². The lowest BCUT2D eigenvalue weighted by atomic mass is 10.1. The van der Waals surface area contributed by atoms with Crippen LogP contribution in [0, 0.1) is 13.8 Å². The van der Waals surface area contributed by atoms with Crippen LogP contribution in [0.1, 0.15) is 38.8 Å². The highest BCUT2D eigenvalue weighted by Gasteiger charge is 2.18. The van der Waals surface area contributed by atoms with E-state index in [1.54, 1.807) is 75.4 Å². The lowest BCUT2D eigenvalue weighted by Crippen LogP contribution is -2.17. The highest BCUT2D eigenvalue weighted by Crippen LogP contribution is 2.24. The van der Waals surface area contributed by atoms with E-state index in [1.165, 1.54) is 12.1 Å². The van der Waals surface area contributed by atoms with E-state index in [2.05, 4.69) is 10.0 Å². The molecule has 166 valence electrons. The molecule has 0 aromatic heterocycles. The van der Waals surface area contributed by atoms with Crippen LogP contribution < -0.4 is 10.0 Å². The first-order valence-corrected chi connectivity index (χ1v) is 11.5. The Balaban J connectivity index is 1.82. The molecule has 3 aromatic rings. The average molecular weight is 453 g/mol.